The molecule has 2 aliphatic carbocycles. The molecule has 12 nitrogen and oxygen atoms in total. The van der Waals surface area contributed by atoms with Gasteiger partial charge in [-0.3, -0.25) is 29.3 Å². The van der Waals surface area contributed by atoms with Gasteiger partial charge >= 0.3 is 0 Å². The zero-order chi connectivity index (χ0) is 57.8. The van der Waals surface area contributed by atoms with E-state index in [2.05, 4.69) is 149 Å². The average Bonchev–Trinajstić information content (AvgIpc) is 4.15. The third-order valence-electron chi connectivity index (χ3n) is 16.1. The first-order valence-corrected chi connectivity index (χ1v) is 29.6. The van der Waals surface area contributed by atoms with Crippen LogP contribution >= 0.6 is 0 Å². The Kier molecular flexibility index (Phi) is 17.0. The number of fused-ring (bicyclic) bond motifs is 9. The summed E-state index contributed by atoms with van der Waals surface area (Å²) in [7, 11) is 0. The van der Waals surface area contributed by atoms with E-state index in [0.717, 1.165) is 139 Å². The quantitative estimate of drug-likeness (QED) is 0.143. The lowest BCUT2D eigenvalue weighted by atomic mass is 9.86. The number of benzene rings is 2. The van der Waals surface area contributed by atoms with Crippen molar-refractivity contribution in [3.63, 3.8) is 0 Å². The van der Waals surface area contributed by atoms with Gasteiger partial charge in [0.25, 0.3) is 16.7 Å². The van der Waals surface area contributed by atoms with E-state index in [1.807, 2.05) is 79.4 Å². The molecular formula is C70H77N9O3. The minimum absolute atomic E-state index is 0.136. The summed E-state index contributed by atoms with van der Waals surface area (Å²) in [6, 6.07) is 31.8. The Morgan fingerprint density at radius 1 is 0.512 bits per heavy atom. The van der Waals surface area contributed by atoms with Crippen molar-refractivity contribution < 1.29 is 0 Å². The molecule has 0 amide bonds. The highest BCUT2D eigenvalue weighted by Gasteiger charge is 2.24. The highest BCUT2D eigenvalue weighted by atomic mass is 16.1. The summed E-state index contributed by atoms with van der Waals surface area (Å²) < 4.78 is 6.28. The molecule has 0 radical (unpaired) electrons. The summed E-state index contributed by atoms with van der Waals surface area (Å²) in [4.78, 5) is 64.1. The van der Waals surface area contributed by atoms with Gasteiger partial charge in [-0.15, -0.1) is 0 Å². The molecule has 82 heavy (non-hydrogen) atoms. The van der Waals surface area contributed by atoms with Gasteiger partial charge in [0.15, 0.2) is 0 Å². The Hall–Kier alpha value is -8.25. The van der Waals surface area contributed by atoms with Crippen molar-refractivity contribution in [2.24, 2.45) is 11.3 Å². The summed E-state index contributed by atoms with van der Waals surface area (Å²) in [5.74, 6) is 1.42. The number of pyridine rings is 6. The Morgan fingerprint density at radius 3 is 1.50 bits per heavy atom. The molecule has 13 rings (SSSR count). The molecule has 0 bridgehead atoms. The third kappa shape index (κ3) is 12.0. The van der Waals surface area contributed by atoms with Gasteiger partial charge in [-0.05, 0) is 130 Å². The molecule has 2 saturated carbocycles. The lowest BCUT2D eigenvalue weighted by Gasteiger charge is -2.23. The third-order valence-corrected chi connectivity index (χ3v) is 16.1. The molecular weight excluding hydrogens is 1010 g/mol. The summed E-state index contributed by atoms with van der Waals surface area (Å²) in [6.07, 6.45) is 24.3. The van der Waals surface area contributed by atoms with E-state index >= 15 is 0 Å². The van der Waals surface area contributed by atoms with Crippen molar-refractivity contribution in [3.8, 4) is 22.5 Å². The number of hydrogen-bond acceptors (Lipinski definition) is 9. The predicted molar refractivity (Wildman–Crippen MR) is 335 cm³/mol. The van der Waals surface area contributed by atoms with Gasteiger partial charge in [-0.1, -0.05) is 129 Å². The molecule has 0 unspecified atom stereocenters. The van der Waals surface area contributed by atoms with E-state index < -0.39 is 0 Å². The van der Waals surface area contributed by atoms with Crippen LogP contribution in [0, 0.1) is 32.1 Å². The molecule has 2 fully saturated rings. The molecule has 420 valence electrons. The van der Waals surface area contributed by atoms with Gasteiger partial charge in [0, 0.05) is 122 Å². The van der Waals surface area contributed by atoms with Crippen LogP contribution in [0.3, 0.4) is 0 Å². The van der Waals surface area contributed by atoms with Crippen LogP contribution in [0.5, 0.6) is 0 Å². The highest BCUT2D eigenvalue weighted by molar-refractivity contribution is 6.01. The van der Waals surface area contributed by atoms with Crippen molar-refractivity contribution in [3.05, 3.63) is 205 Å². The molecule has 0 spiro atoms. The highest BCUT2D eigenvalue weighted by Crippen LogP contribution is 2.37. The van der Waals surface area contributed by atoms with Crippen molar-refractivity contribution in [2.75, 3.05) is 0 Å². The molecule has 2 aliphatic rings. The minimum Gasteiger partial charge on any atom is -0.304 e. The van der Waals surface area contributed by atoms with E-state index in [4.69, 9.17) is 0 Å². The van der Waals surface area contributed by atoms with Gasteiger partial charge in [-0.25, -0.2) is 0 Å². The number of aryl methyl sites for hydroxylation is 3. The van der Waals surface area contributed by atoms with Crippen LogP contribution in [0.1, 0.15) is 158 Å². The maximum absolute atomic E-state index is 12.5. The van der Waals surface area contributed by atoms with Crippen molar-refractivity contribution in [2.45, 2.75) is 152 Å². The zero-order valence-electron chi connectivity index (χ0n) is 49.5. The van der Waals surface area contributed by atoms with Crippen molar-refractivity contribution in [1.82, 2.24) is 43.1 Å². The number of nitrogens with zero attached hydrogens (tertiary/aromatic N) is 9. The lowest BCUT2D eigenvalue weighted by molar-refractivity contribution is 0.408. The first kappa shape index (κ1) is 57.0. The van der Waals surface area contributed by atoms with Crippen LogP contribution in [-0.4, -0.2) is 43.1 Å². The van der Waals surface area contributed by atoms with Crippen molar-refractivity contribution in [1.29, 1.82) is 0 Å². The van der Waals surface area contributed by atoms with Crippen molar-refractivity contribution >= 4 is 49.3 Å². The molecule has 0 aliphatic heterocycles. The molecule has 2 aromatic carbocycles. The Balaban J connectivity index is 0.000000136. The Morgan fingerprint density at radius 2 is 0.963 bits per heavy atom. The van der Waals surface area contributed by atoms with E-state index in [1.54, 1.807) is 18.2 Å². The first-order chi connectivity index (χ1) is 39.6. The standard InChI is InChI=1S/C24H25N3O.C23H21N3O.C21H25N3O.C2H6/c1-14(2)10-20-18-7-9-27-21(23-16(4)11-15(3)12-17(23)5)13-22(28)26-24(27)19(18)6-8-25-20;27-21-15-20(16-7-3-1-4-8-16)26-14-12-18-19(23(26)25-21)11-13-24-22(18)17-9-5-2-6-10-17;1-21(2,3)13-17-15-9-11-24-18(14-6-4-5-7-14)12-19(25)23-20(24)16(15)8-10-22-17;1-2/h6-9,11-14H,10H2,1-5H3;2,5-6,9-16H,1,3-4,7-8H2;8-12,14H,4-7,13H2,1-3H3;1-2H3. The molecule has 9 aromatic heterocycles. The number of hydrogen-bond donors (Lipinski definition) is 0. The Labute approximate surface area is 480 Å². The van der Waals surface area contributed by atoms with Gasteiger partial charge in [-0.2, -0.15) is 15.0 Å². The second-order valence-corrected chi connectivity index (χ2v) is 23.9. The van der Waals surface area contributed by atoms with E-state index in [1.165, 1.54) is 37.7 Å². The van der Waals surface area contributed by atoms with E-state index in [9.17, 15) is 14.4 Å². The van der Waals surface area contributed by atoms with E-state index in [0.29, 0.717) is 23.4 Å². The summed E-state index contributed by atoms with van der Waals surface area (Å²) in [5.41, 5.74) is 13.7. The van der Waals surface area contributed by atoms with Crippen LogP contribution in [0.15, 0.2) is 149 Å². The molecule has 0 atom stereocenters. The molecule has 9 heterocycles. The number of aromatic nitrogens is 9. The van der Waals surface area contributed by atoms with Gasteiger partial charge < -0.3 is 13.2 Å². The van der Waals surface area contributed by atoms with Crippen LogP contribution in [-0.2, 0) is 12.8 Å². The van der Waals surface area contributed by atoms with Crippen LogP contribution < -0.4 is 16.7 Å². The second-order valence-electron chi connectivity index (χ2n) is 23.9. The van der Waals surface area contributed by atoms with Crippen LogP contribution in [0.2, 0.25) is 0 Å². The van der Waals surface area contributed by atoms with Gasteiger partial charge in [0.1, 0.15) is 16.9 Å². The topological polar surface area (TPSA) is 142 Å². The fraction of sp³-hybridized carbons (Fsp3) is 0.357. The SMILES string of the molecule is CC.CC(C)(C)Cc1nccc2c1ccn1c(C3CCCC3)cc(=O)nc21.Cc1cc(C)c(-c2cc(=O)nc3c4ccnc(CC(C)C)c4ccn23)c(C)c1.O=c1cc(C2CCCCC2)n2ccc3c(-c4ccccc4)nccc3c2n1. The van der Waals surface area contributed by atoms with Gasteiger partial charge in [0.05, 0.1) is 11.4 Å². The van der Waals surface area contributed by atoms with Crippen LogP contribution in [0.25, 0.3) is 71.8 Å². The molecule has 0 N–H and O–H groups in total. The average molecular weight is 1090 g/mol. The van der Waals surface area contributed by atoms with Crippen LogP contribution in [0.4, 0.5) is 0 Å². The maximum atomic E-state index is 12.5. The molecule has 11 aromatic rings. The summed E-state index contributed by atoms with van der Waals surface area (Å²) in [5, 5.41) is 6.16. The summed E-state index contributed by atoms with van der Waals surface area (Å²) >= 11 is 0. The zero-order valence-corrected chi connectivity index (χ0v) is 49.5. The second kappa shape index (κ2) is 24.5. The fourth-order valence-electron chi connectivity index (χ4n) is 12.7. The largest absolute Gasteiger partial charge is 0.304 e. The minimum atomic E-state index is -0.218. The number of rotatable bonds is 7. The smallest absolute Gasteiger partial charge is 0.273 e. The summed E-state index contributed by atoms with van der Waals surface area (Å²) in [6.45, 7) is 21.3. The maximum Gasteiger partial charge on any atom is 0.273 e. The molecule has 0 saturated heterocycles. The Bertz CT molecular complexity index is 4290. The first-order valence-electron chi connectivity index (χ1n) is 29.6. The fourth-order valence-corrected chi connectivity index (χ4v) is 12.7. The monoisotopic (exact) mass is 1090 g/mol. The molecule has 12 heteroatoms. The lowest BCUT2D eigenvalue weighted by Crippen LogP contribution is -2.17. The van der Waals surface area contributed by atoms with Gasteiger partial charge in [0.2, 0.25) is 0 Å². The normalized spacial score (nSPS) is 14.0. The predicted octanol–water partition coefficient (Wildman–Crippen LogP) is 15.5. The van der Waals surface area contributed by atoms with E-state index in [-0.39, 0.29) is 22.1 Å².